The van der Waals surface area contributed by atoms with Crippen molar-refractivity contribution in [2.45, 2.75) is 20.2 Å². The topological polar surface area (TPSA) is 81.4 Å². The van der Waals surface area contributed by atoms with Crippen LogP contribution in [0.1, 0.15) is 21.7 Å². The van der Waals surface area contributed by atoms with Crippen molar-refractivity contribution < 1.29 is 22.7 Å². The van der Waals surface area contributed by atoms with Crippen LogP contribution in [0.4, 0.5) is 18.9 Å². The molecule has 1 aromatic carbocycles. The fourth-order valence-electron chi connectivity index (χ4n) is 3.14. The molecule has 10 heteroatoms. The minimum absolute atomic E-state index is 0.150. The van der Waals surface area contributed by atoms with Crippen molar-refractivity contribution in [2.75, 3.05) is 5.32 Å². The molecule has 158 valence electrons. The van der Waals surface area contributed by atoms with E-state index in [1.54, 1.807) is 19.1 Å². The van der Waals surface area contributed by atoms with Gasteiger partial charge in [0.2, 0.25) is 0 Å². The number of alkyl halides is 3. The number of hydrogen-bond acceptors (Lipinski definition) is 5. The molecule has 0 aliphatic rings. The van der Waals surface area contributed by atoms with E-state index < -0.39 is 12.3 Å². The molecule has 0 aliphatic carbocycles. The van der Waals surface area contributed by atoms with E-state index in [0.717, 1.165) is 5.56 Å². The fraction of sp³-hybridized carbons (Fsp3) is 0.143. The number of para-hydroxylation sites is 1. The van der Waals surface area contributed by atoms with Crippen LogP contribution in [0.3, 0.4) is 0 Å². The van der Waals surface area contributed by atoms with Crippen LogP contribution in [-0.4, -0.2) is 31.9 Å². The van der Waals surface area contributed by atoms with E-state index in [9.17, 15) is 18.0 Å². The lowest BCUT2D eigenvalue weighted by Crippen LogP contribution is -2.17. The average molecular weight is 427 g/mol. The number of pyridine rings is 1. The van der Waals surface area contributed by atoms with E-state index >= 15 is 0 Å². The van der Waals surface area contributed by atoms with E-state index in [0.29, 0.717) is 11.4 Å². The third-order valence-electron chi connectivity index (χ3n) is 4.34. The van der Waals surface area contributed by atoms with Crippen molar-refractivity contribution in [1.29, 1.82) is 0 Å². The number of aryl methyl sites for hydroxylation is 2. The summed E-state index contributed by atoms with van der Waals surface area (Å²) in [5, 5.41) is 6.83. The summed E-state index contributed by atoms with van der Waals surface area (Å²) in [5.74, 6) is -0.828. The number of carbonyl (C=O) groups excluding carboxylic acids is 1. The molecule has 0 unspecified atom stereocenters. The van der Waals surface area contributed by atoms with Gasteiger partial charge < -0.3 is 10.1 Å². The highest BCUT2D eigenvalue weighted by Gasteiger charge is 2.32. The lowest BCUT2D eigenvalue weighted by Gasteiger charge is -2.13. The maximum atomic E-state index is 12.8. The van der Waals surface area contributed by atoms with Gasteiger partial charge in [-0.2, -0.15) is 5.10 Å². The minimum atomic E-state index is -4.84. The zero-order valence-electron chi connectivity index (χ0n) is 16.4. The van der Waals surface area contributed by atoms with Gasteiger partial charge in [0.15, 0.2) is 5.65 Å². The minimum Gasteiger partial charge on any atom is -0.405 e. The molecule has 4 aromatic rings. The lowest BCUT2D eigenvalue weighted by atomic mass is 10.1. The van der Waals surface area contributed by atoms with Crippen molar-refractivity contribution in [3.8, 4) is 17.0 Å². The van der Waals surface area contributed by atoms with E-state index in [1.165, 1.54) is 41.2 Å². The molecule has 0 bridgehead atoms. The molecule has 0 atom stereocenters. The quantitative estimate of drug-likeness (QED) is 0.516. The van der Waals surface area contributed by atoms with Crippen molar-refractivity contribution in [2.24, 2.45) is 0 Å². The number of rotatable bonds is 4. The Bertz CT molecular complexity index is 1260. The van der Waals surface area contributed by atoms with Crippen LogP contribution in [0, 0.1) is 13.8 Å². The molecule has 0 aliphatic heterocycles. The SMILES string of the molecule is Cc1cc(C)nc(C(=O)Nc2cnn3ccc(-c4ccccc4OC(F)(F)F)nc23)c1. The lowest BCUT2D eigenvalue weighted by molar-refractivity contribution is -0.274. The molecule has 0 saturated heterocycles. The molecule has 31 heavy (non-hydrogen) atoms. The number of benzene rings is 1. The number of aromatic nitrogens is 4. The number of nitrogens with zero attached hydrogens (tertiary/aromatic N) is 4. The third kappa shape index (κ3) is 4.47. The second kappa shape index (κ2) is 7.71. The second-order valence-corrected chi connectivity index (χ2v) is 6.81. The summed E-state index contributed by atoms with van der Waals surface area (Å²) in [7, 11) is 0. The molecule has 3 heterocycles. The van der Waals surface area contributed by atoms with Crippen molar-refractivity contribution in [3.05, 3.63) is 71.8 Å². The van der Waals surface area contributed by atoms with Gasteiger partial charge in [0.25, 0.3) is 5.91 Å². The van der Waals surface area contributed by atoms with Gasteiger partial charge in [-0.3, -0.25) is 4.79 Å². The fourth-order valence-corrected chi connectivity index (χ4v) is 3.14. The summed E-state index contributed by atoms with van der Waals surface area (Å²) in [6, 6.07) is 10.7. The normalized spacial score (nSPS) is 11.5. The third-order valence-corrected chi connectivity index (χ3v) is 4.34. The number of halogens is 3. The van der Waals surface area contributed by atoms with E-state index in [2.05, 4.69) is 25.1 Å². The molecule has 0 spiro atoms. The summed E-state index contributed by atoms with van der Waals surface area (Å²) in [5.41, 5.74) is 2.76. The maximum absolute atomic E-state index is 12.8. The van der Waals surface area contributed by atoms with Gasteiger partial charge in [0.1, 0.15) is 17.1 Å². The monoisotopic (exact) mass is 427 g/mol. The van der Waals surface area contributed by atoms with Crippen LogP contribution in [0.15, 0.2) is 54.9 Å². The van der Waals surface area contributed by atoms with E-state index in [1.807, 2.05) is 13.0 Å². The Labute approximate surface area is 174 Å². The molecule has 0 saturated carbocycles. The van der Waals surface area contributed by atoms with Crippen LogP contribution in [0.25, 0.3) is 16.9 Å². The first-order chi connectivity index (χ1) is 14.7. The molecule has 4 rings (SSSR count). The van der Waals surface area contributed by atoms with Crippen LogP contribution in [0.2, 0.25) is 0 Å². The summed E-state index contributed by atoms with van der Waals surface area (Å²) >= 11 is 0. The van der Waals surface area contributed by atoms with Gasteiger partial charge in [-0.25, -0.2) is 14.5 Å². The molecule has 3 aromatic heterocycles. The van der Waals surface area contributed by atoms with Crippen molar-refractivity contribution >= 4 is 17.2 Å². The van der Waals surface area contributed by atoms with Crippen molar-refractivity contribution in [3.63, 3.8) is 0 Å². The highest BCUT2D eigenvalue weighted by molar-refractivity contribution is 6.04. The summed E-state index contributed by atoms with van der Waals surface area (Å²) in [4.78, 5) is 21.3. The zero-order chi connectivity index (χ0) is 22.2. The number of anilines is 1. The van der Waals surface area contributed by atoms with Gasteiger partial charge in [-0.1, -0.05) is 12.1 Å². The van der Waals surface area contributed by atoms with E-state index in [-0.39, 0.29) is 28.3 Å². The van der Waals surface area contributed by atoms with Crippen molar-refractivity contribution in [1.82, 2.24) is 19.6 Å². The average Bonchev–Trinajstić information content (AvgIpc) is 3.08. The first-order valence-electron chi connectivity index (χ1n) is 9.16. The molecular weight excluding hydrogens is 411 g/mol. The van der Waals surface area contributed by atoms with Gasteiger partial charge in [0.05, 0.1) is 11.9 Å². The van der Waals surface area contributed by atoms with Gasteiger partial charge in [-0.15, -0.1) is 13.2 Å². The summed E-state index contributed by atoms with van der Waals surface area (Å²) in [6.45, 7) is 3.64. The van der Waals surface area contributed by atoms with Crippen LogP contribution in [-0.2, 0) is 0 Å². The summed E-state index contributed by atoms with van der Waals surface area (Å²) in [6.07, 6.45) is -1.90. The molecular formula is C21H16F3N5O2. The van der Waals surface area contributed by atoms with Gasteiger partial charge in [-0.05, 0) is 49.7 Å². The highest BCUT2D eigenvalue weighted by atomic mass is 19.4. The Hall–Kier alpha value is -3.95. The van der Waals surface area contributed by atoms with Crippen LogP contribution < -0.4 is 10.1 Å². The number of carbonyl (C=O) groups is 1. The standard InChI is InChI=1S/C21H16F3N5O2/c1-12-9-13(2)26-16(10-12)20(30)28-17-11-25-29-8-7-15(27-19(17)29)14-5-3-4-6-18(14)31-21(22,23)24/h3-11H,1-2H3,(H,28,30). The predicted octanol–water partition coefficient (Wildman–Crippen LogP) is 4.56. The van der Waals surface area contributed by atoms with Gasteiger partial charge >= 0.3 is 6.36 Å². The predicted molar refractivity (Wildman–Crippen MR) is 107 cm³/mol. The largest absolute Gasteiger partial charge is 0.573 e. The van der Waals surface area contributed by atoms with E-state index in [4.69, 9.17) is 0 Å². The van der Waals surface area contributed by atoms with Crippen LogP contribution >= 0.6 is 0 Å². The number of fused-ring (bicyclic) bond motifs is 1. The Balaban J connectivity index is 1.70. The number of amides is 1. The first-order valence-corrected chi connectivity index (χ1v) is 9.16. The number of hydrogen-bond donors (Lipinski definition) is 1. The second-order valence-electron chi connectivity index (χ2n) is 6.81. The smallest absolute Gasteiger partial charge is 0.405 e. The number of ether oxygens (including phenoxy) is 1. The maximum Gasteiger partial charge on any atom is 0.573 e. The Morgan fingerprint density at radius 3 is 2.61 bits per heavy atom. The zero-order valence-corrected chi connectivity index (χ0v) is 16.4. The molecule has 1 amide bonds. The molecule has 0 fully saturated rings. The molecule has 1 N–H and O–H groups in total. The highest BCUT2D eigenvalue weighted by Crippen LogP contribution is 2.33. The number of nitrogens with one attached hydrogen (secondary N) is 1. The van der Waals surface area contributed by atoms with Gasteiger partial charge in [0, 0.05) is 17.5 Å². The first kappa shape index (κ1) is 20.3. The Morgan fingerprint density at radius 1 is 1.10 bits per heavy atom. The van der Waals surface area contributed by atoms with Crippen LogP contribution in [0.5, 0.6) is 5.75 Å². The molecule has 0 radical (unpaired) electrons. The molecule has 7 nitrogen and oxygen atoms in total. The summed E-state index contributed by atoms with van der Waals surface area (Å²) < 4.78 is 43.8. The Morgan fingerprint density at radius 2 is 1.87 bits per heavy atom. The Kier molecular flexibility index (Phi) is 5.05.